The molecule has 1 amide bonds. The number of hydrogen-bond acceptors (Lipinski definition) is 4. The number of aryl methyl sites for hydroxylation is 1. The number of amides is 1. The highest BCUT2D eigenvalue weighted by Crippen LogP contribution is 2.17. The van der Waals surface area contributed by atoms with Crippen LogP contribution in [0.1, 0.15) is 28.8 Å². The molecule has 23 heavy (non-hydrogen) atoms. The third-order valence-electron chi connectivity index (χ3n) is 3.75. The van der Waals surface area contributed by atoms with Crippen LogP contribution in [0.3, 0.4) is 0 Å². The number of rotatable bonds is 5. The second-order valence-electron chi connectivity index (χ2n) is 5.39. The molecule has 1 fully saturated rings. The zero-order valence-electron chi connectivity index (χ0n) is 13.3. The molecule has 0 unspecified atom stereocenters. The number of benzene rings is 1. The summed E-state index contributed by atoms with van der Waals surface area (Å²) >= 11 is 5.26. The Morgan fingerprint density at radius 2 is 2.22 bits per heavy atom. The minimum atomic E-state index is -0.389. The summed E-state index contributed by atoms with van der Waals surface area (Å²) in [6.45, 7) is 3.98. The van der Waals surface area contributed by atoms with Gasteiger partial charge in [0, 0.05) is 31.7 Å². The number of carbonyl (C=O) groups is 2. The average molecular weight is 335 g/mol. The quantitative estimate of drug-likeness (QED) is 0.630. The maximum atomic E-state index is 11.6. The molecule has 0 spiro atoms. The maximum Gasteiger partial charge on any atom is 0.337 e. The summed E-state index contributed by atoms with van der Waals surface area (Å²) in [6, 6.07) is 5.25. The van der Waals surface area contributed by atoms with Gasteiger partial charge in [0.1, 0.15) is 0 Å². The van der Waals surface area contributed by atoms with Crippen LogP contribution in [0.4, 0.5) is 5.69 Å². The third-order valence-corrected chi connectivity index (χ3v) is 3.99. The Hall–Kier alpha value is -2.15. The number of esters is 1. The van der Waals surface area contributed by atoms with Crippen molar-refractivity contribution in [3.8, 4) is 0 Å². The monoisotopic (exact) mass is 335 g/mol. The average Bonchev–Trinajstić information content (AvgIpc) is 2.94. The van der Waals surface area contributed by atoms with Crippen LogP contribution in [0.25, 0.3) is 0 Å². The van der Waals surface area contributed by atoms with Gasteiger partial charge in [-0.1, -0.05) is 6.07 Å². The molecule has 1 heterocycles. The molecule has 0 saturated carbocycles. The lowest BCUT2D eigenvalue weighted by atomic mass is 10.1. The number of carbonyl (C=O) groups excluding carboxylic acids is 2. The standard InChI is InChI=1S/C16H21N3O3S/c1-11-5-6-12(15(21)22-2)10-13(11)18-16(23)17-7-9-19-8-3-4-14(19)20/h5-6,10H,3-4,7-9H2,1-2H3,(H2,17,18,23). The van der Waals surface area contributed by atoms with Crippen LogP contribution in [0.5, 0.6) is 0 Å². The van der Waals surface area contributed by atoms with E-state index in [2.05, 4.69) is 10.6 Å². The van der Waals surface area contributed by atoms with E-state index in [0.717, 1.165) is 24.2 Å². The molecule has 0 aromatic heterocycles. The molecule has 2 rings (SSSR count). The molecule has 1 saturated heterocycles. The maximum absolute atomic E-state index is 11.6. The predicted molar refractivity (Wildman–Crippen MR) is 92.6 cm³/mol. The SMILES string of the molecule is COC(=O)c1ccc(C)c(NC(=S)NCCN2CCCC2=O)c1. The van der Waals surface area contributed by atoms with Crippen LogP contribution < -0.4 is 10.6 Å². The van der Waals surface area contributed by atoms with Crippen molar-refractivity contribution >= 4 is 34.9 Å². The number of thiocarbonyl (C=S) groups is 1. The van der Waals surface area contributed by atoms with E-state index in [-0.39, 0.29) is 11.9 Å². The van der Waals surface area contributed by atoms with E-state index in [0.29, 0.717) is 30.2 Å². The highest BCUT2D eigenvalue weighted by Gasteiger charge is 2.19. The smallest absolute Gasteiger partial charge is 0.337 e. The summed E-state index contributed by atoms with van der Waals surface area (Å²) in [5, 5.41) is 6.61. The molecule has 6 nitrogen and oxygen atoms in total. The molecule has 1 aliphatic rings. The van der Waals surface area contributed by atoms with Crippen molar-refractivity contribution in [3.05, 3.63) is 29.3 Å². The Kier molecular flexibility index (Phi) is 5.92. The van der Waals surface area contributed by atoms with Crippen molar-refractivity contribution in [2.45, 2.75) is 19.8 Å². The van der Waals surface area contributed by atoms with Gasteiger partial charge in [0.05, 0.1) is 12.7 Å². The minimum absolute atomic E-state index is 0.201. The van der Waals surface area contributed by atoms with E-state index in [4.69, 9.17) is 17.0 Å². The molecule has 0 bridgehead atoms. The second kappa shape index (κ2) is 7.92. The summed E-state index contributed by atoms with van der Waals surface area (Å²) in [7, 11) is 1.35. The Morgan fingerprint density at radius 1 is 1.43 bits per heavy atom. The van der Waals surface area contributed by atoms with Crippen molar-refractivity contribution in [3.63, 3.8) is 0 Å². The first-order valence-corrected chi connectivity index (χ1v) is 7.93. The van der Waals surface area contributed by atoms with Crippen LogP contribution in [-0.4, -0.2) is 48.6 Å². The number of nitrogens with zero attached hydrogens (tertiary/aromatic N) is 1. The molecule has 7 heteroatoms. The highest BCUT2D eigenvalue weighted by molar-refractivity contribution is 7.80. The van der Waals surface area contributed by atoms with Crippen molar-refractivity contribution in [2.24, 2.45) is 0 Å². The lowest BCUT2D eigenvalue weighted by Gasteiger charge is -2.17. The molecule has 124 valence electrons. The summed E-state index contributed by atoms with van der Waals surface area (Å²) in [5.74, 6) is -0.188. The van der Waals surface area contributed by atoms with Gasteiger partial charge in [-0.3, -0.25) is 4.79 Å². The molecule has 0 aliphatic carbocycles. The second-order valence-corrected chi connectivity index (χ2v) is 5.79. The first kappa shape index (κ1) is 17.2. The van der Waals surface area contributed by atoms with Crippen LogP contribution in [-0.2, 0) is 9.53 Å². The number of likely N-dealkylation sites (tertiary alicyclic amines) is 1. The van der Waals surface area contributed by atoms with Gasteiger partial charge in [-0.05, 0) is 43.3 Å². The number of nitrogens with one attached hydrogen (secondary N) is 2. The normalized spacial score (nSPS) is 13.8. The number of methoxy groups -OCH3 is 1. The topological polar surface area (TPSA) is 70.7 Å². The van der Waals surface area contributed by atoms with E-state index >= 15 is 0 Å². The largest absolute Gasteiger partial charge is 0.465 e. The third kappa shape index (κ3) is 4.66. The number of hydrogen-bond donors (Lipinski definition) is 2. The Balaban J connectivity index is 1.87. The predicted octanol–water partition coefficient (Wildman–Crippen LogP) is 1.69. The number of anilines is 1. The Morgan fingerprint density at radius 3 is 2.87 bits per heavy atom. The molecular weight excluding hydrogens is 314 g/mol. The fourth-order valence-corrected chi connectivity index (χ4v) is 2.62. The summed E-state index contributed by atoms with van der Waals surface area (Å²) in [5.41, 5.74) is 2.19. The van der Waals surface area contributed by atoms with Gasteiger partial charge in [0.2, 0.25) is 5.91 Å². The fraction of sp³-hybridized carbons (Fsp3) is 0.438. The van der Waals surface area contributed by atoms with Crippen LogP contribution in [0, 0.1) is 6.92 Å². The zero-order valence-corrected chi connectivity index (χ0v) is 14.2. The first-order valence-electron chi connectivity index (χ1n) is 7.53. The van der Waals surface area contributed by atoms with Gasteiger partial charge in [-0.25, -0.2) is 4.79 Å². The molecule has 1 aromatic carbocycles. The molecular formula is C16H21N3O3S. The Bertz CT molecular complexity index is 619. The van der Waals surface area contributed by atoms with E-state index in [9.17, 15) is 9.59 Å². The van der Waals surface area contributed by atoms with E-state index in [1.54, 1.807) is 12.1 Å². The van der Waals surface area contributed by atoms with Gasteiger partial charge in [-0.2, -0.15) is 0 Å². The molecule has 2 N–H and O–H groups in total. The van der Waals surface area contributed by atoms with Crippen molar-refractivity contribution < 1.29 is 14.3 Å². The first-order chi connectivity index (χ1) is 11.0. The van der Waals surface area contributed by atoms with E-state index in [1.165, 1.54) is 7.11 Å². The van der Waals surface area contributed by atoms with E-state index in [1.807, 2.05) is 17.9 Å². The summed E-state index contributed by atoms with van der Waals surface area (Å²) in [6.07, 6.45) is 1.57. The van der Waals surface area contributed by atoms with Gasteiger partial charge in [-0.15, -0.1) is 0 Å². The lowest BCUT2D eigenvalue weighted by Crippen LogP contribution is -2.37. The summed E-state index contributed by atoms with van der Waals surface area (Å²) < 4.78 is 4.72. The molecule has 0 radical (unpaired) electrons. The lowest BCUT2D eigenvalue weighted by molar-refractivity contribution is -0.127. The van der Waals surface area contributed by atoms with Gasteiger partial charge < -0.3 is 20.3 Å². The van der Waals surface area contributed by atoms with Crippen molar-refractivity contribution in [1.82, 2.24) is 10.2 Å². The van der Waals surface area contributed by atoms with Crippen LogP contribution >= 0.6 is 12.2 Å². The Labute approximate surface area is 141 Å². The van der Waals surface area contributed by atoms with Crippen molar-refractivity contribution in [1.29, 1.82) is 0 Å². The molecule has 1 aliphatic heterocycles. The molecule has 0 atom stereocenters. The van der Waals surface area contributed by atoms with Crippen molar-refractivity contribution in [2.75, 3.05) is 32.1 Å². The molecule has 1 aromatic rings. The summed E-state index contributed by atoms with van der Waals surface area (Å²) in [4.78, 5) is 24.9. The van der Waals surface area contributed by atoms with Gasteiger partial charge in [0.25, 0.3) is 0 Å². The van der Waals surface area contributed by atoms with Crippen LogP contribution in [0.2, 0.25) is 0 Å². The zero-order chi connectivity index (χ0) is 16.8. The fourth-order valence-electron chi connectivity index (χ4n) is 2.41. The highest BCUT2D eigenvalue weighted by atomic mass is 32.1. The van der Waals surface area contributed by atoms with E-state index < -0.39 is 0 Å². The van der Waals surface area contributed by atoms with Gasteiger partial charge >= 0.3 is 5.97 Å². The van der Waals surface area contributed by atoms with Crippen LogP contribution in [0.15, 0.2) is 18.2 Å². The number of ether oxygens (including phenoxy) is 1. The minimum Gasteiger partial charge on any atom is -0.465 e. The van der Waals surface area contributed by atoms with Gasteiger partial charge in [0.15, 0.2) is 5.11 Å².